The molecule has 0 saturated carbocycles. The highest BCUT2D eigenvalue weighted by atomic mass is 32.1. The lowest BCUT2D eigenvalue weighted by Crippen LogP contribution is -2.20. The Morgan fingerprint density at radius 3 is 1.72 bits per heavy atom. The number of hydrogen-bond acceptors (Lipinski definition) is 7. The zero-order chi connectivity index (χ0) is 42.4. The van der Waals surface area contributed by atoms with Crippen molar-refractivity contribution in [2.45, 2.75) is 58.0 Å². The third kappa shape index (κ3) is 5.90. The van der Waals surface area contributed by atoms with Crippen LogP contribution >= 0.6 is 22.7 Å². The maximum atomic E-state index is 9.99. The predicted octanol–water partition coefficient (Wildman–Crippen LogP) is 14.7. The fraction of sp³-hybridized carbons (Fsp3) is 0.167. The van der Waals surface area contributed by atoms with Gasteiger partial charge in [0.2, 0.25) is 0 Å². The van der Waals surface area contributed by atoms with E-state index in [-0.39, 0.29) is 27.7 Å². The zero-order valence-electron chi connectivity index (χ0n) is 34.7. The van der Waals surface area contributed by atoms with Crippen molar-refractivity contribution in [1.29, 1.82) is 15.8 Å². The minimum atomic E-state index is -0.866. The van der Waals surface area contributed by atoms with E-state index in [1.165, 1.54) is 59.5 Å². The Hall–Kier alpha value is -6.95. The largest absolute Gasteiger partial charge is 0.480 e. The highest BCUT2D eigenvalue weighted by Crippen LogP contribution is 2.53. The number of thiophene rings is 2. The lowest BCUT2D eigenvalue weighted by Gasteiger charge is -2.29. The fourth-order valence-corrected chi connectivity index (χ4v) is 11.7. The Labute approximate surface area is 364 Å². The Balaban J connectivity index is 1.04. The third-order valence-corrected chi connectivity index (χ3v) is 15.1. The number of hydrogen-bond donors (Lipinski definition) is 0. The first-order valence-corrected chi connectivity index (χ1v) is 22.0. The van der Waals surface area contributed by atoms with Crippen LogP contribution in [-0.4, -0.2) is 5.60 Å². The molecule has 1 aliphatic heterocycles. The van der Waals surface area contributed by atoms with Crippen LogP contribution < -0.4 is 4.90 Å². The summed E-state index contributed by atoms with van der Waals surface area (Å²) in [6.07, 6.45) is 3.85. The molecule has 0 amide bonds. The van der Waals surface area contributed by atoms with E-state index in [1.807, 2.05) is 38.1 Å². The number of nitriles is 3. The first-order valence-electron chi connectivity index (χ1n) is 20.3. The minimum Gasteiger partial charge on any atom is -0.480 e. The fourth-order valence-electron chi connectivity index (χ4n) is 9.61. The van der Waals surface area contributed by atoms with Crippen LogP contribution in [-0.2, 0) is 15.6 Å². The SMILES string of the molecule is CC1(C)OC(=C(C#N)C#N)C(C#N)=C1/C=C/c1ccc(-c2cc3ccc(N(c4ccc5c(c4)C(C)(C)c4ccccc4-5)c4ccc5c(c4)C(C)(C)c4ccccc4-5)cc3s2)s1. The average molecular weight is 825 g/mol. The van der Waals surface area contributed by atoms with Gasteiger partial charge in [-0.3, -0.25) is 0 Å². The average Bonchev–Trinajstić information content (AvgIpc) is 4.05. The zero-order valence-corrected chi connectivity index (χ0v) is 36.3. The molecule has 0 atom stereocenters. The van der Waals surface area contributed by atoms with Gasteiger partial charge in [0.25, 0.3) is 0 Å². The molecule has 0 bridgehead atoms. The molecule has 0 N–H and O–H groups in total. The van der Waals surface area contributed by atoms with E-state index in [1.54, 1.807) is 22.7 Å². The van der Waals surface area contributed by atoms with Crippen LogP contribution in [0.5, 0.6) is 0 Å². The number of allylic oxidation sites excluding steroid dienone is 2. The second-order valence-corrected chi connectivity index (χ2v) is 19.6. The van der Waals surface area contributed by atoms with Gasteiger partial charge in [-0.15, -0.1) is 22.7 Å². The van der Waals surface area contributed by atoms with Gasteiger partial charge in [-0.1, -0.05) is 101 Å². The van der Waals surface area contributed by atoms with Crippen molar-refractivity contribution in [3.05, 3.63) is 177 Å². The minimum absolute atomic E-state index is 0.0448. The maximum absolute atomic E-state index is 9.99. The van der Waals surface area contributed by atoms with E-state index in [0.29, 0.717) is 5.57 Å². The summed E-state index contributed by atoms with van der Waals surface area (Å²) in [5.41, 5.74) is 13.5. The number of ether oxygens (including phenoxy) is 1. The molecule has 7 heteroatoms. The number of fused-ring (bicyclic) bond motifs is 7. The molecular formula is C54H40N4OS2. The van der Waals surface area contributed by atoms with E-state index in [0.717, 1.165) is 26.8 Å². The molecule has 7 aromatic rings. The molecule has 5 aromatic carbocycles. The van der Waals surface area contributed by atoms with Crippen LogP contribution in [0, 0.1) is 34.0 Å². The molecule has 0 spiro atoms. The summed E-state index contributed by atoms with van der Waals surface area (Å²) in [6.45, 7) is 13.0. The first kappa shape index (κ1) is 38.3. The quantitative estimate of drug-likeness (QED) is 0.156. The van der Waals surface area contributed by atoms with E-state index in [2.05, 4.69) is 160 Å². The van der Waals surface area contributed by atoms with Crippen molar-refractivity contribution in [2.75, 3.05) is 4.90 Å². The van der Waals surface area contributed by atoms with Crippen LogP contribution in [0.25, 0.3) is 48.2 Å². The van der Waals surface area contributed by atoms with Gasteiger partial charge in [0.15, 0.2) is 11.3 Å². The Bertz CT molecular complexity index is 3130. The third-order valence-electron chi connectivity index (χ3n) is 12.8. The summed E-state index contributed by atoms with van der Waals surface area (Å²) < 4.78 is 7.16. The highest BCUT2D eigenvalue weighted by molar-refractivity contribution is 7.26. The van der Waals surface area contributed by atoms with E-state index in [4.69, 9.17) is 4.74 Å². The van der Waals surface area contributed by atoms with E-state index in [9.17, 15) is 15.8 Å². The highest BCUT2D eigenvalue weighted by Gasteiger charge is 2.40. The van der Waals surface area contributed by atoms with Crippen LogP contribution in [0.15, 0.2) is 150 Å². The van der Waals surface area contributed by atoms with Crippen LogP contribution in [0.1, 0.15) is 68.7 Å². The molecule has 5 nitrogen and oxygen atoms in total. The molecule has 3 aliphatic rings. The molecule has 61 heavy (non-hydrogen) atoms. The van der Waals surface area contributed by atoms with Gasteiger partial charge < -0.3 is 9.64 Å². The monoisotopic (exact) mass is 824 g/mol. The summed E-state index contributed by atoms with van der Waals surface area (Å²) >= 11 is 3.46. The van der Waals surface area contributed by atoms with Gasteiger partial charge in [0.1, 0.15) is 29.4 Å². The van der Waals surface area contributed by atoms with Gasteiger partial charge in [-0.05, 0) is 124 Å². The number of rotatable bonds is 6. The predicted molar refractivity (Wildman–Crippen MR) is 250 cm³/mol. The number of benzene rings is 5. The molecule has 0 unspecified atom stereocenters. The van der Waals surface area contributed by atoms with E-state index >= 15 is 0 Å². The number of anilines is 3. The van der Waals surface area contributed by atoms with E-state index < -0.39 is 5.60 Å². The van der Waals surface area contributed by atoms with Crippen molar-refractivity contribution >= 4 is 55.9 Å². The summed E-state index contributed by atoms with van der Waals surface area (Å²) in [4.78, 5) is 5.77. The molecule has 2 aromatic heterocycles. The lowest BCUT2D eigenvalue weighted by atomic mass is 9.82. The standard InChI is InChI=1S/C54H40N4OS2/c1-52(2)43-13-9-7-11-38(43)40-21-17-34(26-46(40)52)58(35-18-22-41-39-12-8-10-14-44(39)53(3,4)47(41)27-35)36-16-15-32-25-50(61-49(32)28-36)48-24-20-37(60-48)19-23-45-42(31-57)51(33(29-55)30-56)59-54(45,5)6/h7-28H,1-6H3/b23-19+. The second-order valence-electron chi connectivity index (χ2n) is 17.4. The van der Waals surface area contributed by atoms with Gasteiger partial charge >= 0.3 is 0 Å². The van der Waals surface area contributed by atoms with Crippen molar-refractivity contribution < 1.29 is 4.74 Å². The van der Waals surface area contributed by atoms with Crippen LogP contribution in [0.3, 0.4) is 0 Å². The Morgan fingerprint density at radius 1 is 0.574 bits per heavy atom. The Kier molecular flexibility index (Phi) is 8.66. The van der Waals surface area contributed by atoms with Gasteiger partial charge in [0, 0.05) is 52.8 Å². The summed E-state index contributed by atoms with van der Waals surface area (Å²) in [7, 11) is 0. The van der Waals surface area contributed by atoms with Gasteiger partial charge in [-0.2, -0.15) is 15.8 Å². The molecule has 0 radical (unpaired) electrons. The van der Waals surface area contributed by atoms with Crippen molar-refractivity contribution in [1.82, 2.24) is 0 Å². The number of nitrogens with zero attached hydrogens (tertiary/aromatic N) is 4. The summed E-state index contributed by atoms with van der Waals surface area (Å²) in [6, 6.07) is 50.8. The normalized spacial score (nSPS) is 16.0. The molecule has 294 valence electrons. The molecular weight excluding hydrogens is 785 g/mol. The molecule has 0 saturated heterocycles. The van der Waals surface area contributed by atoms with Crippen LogP contribution in [0.4, 0.5) is 17.1 Å². The molecule has 3 heterocycles. The molecule has 10 rings (SSSR count). The van der Waals surface area contributed by atoms with Crippen molar-refractivity contribution in [2.24, 2.45) is 0 Å². The first-order chi connectivity index (χ1) is 29.3. The smallest absolute Gasteiger partial charge is 0.172 e. The lowest BCUT2D eigenvalue weighted by molar-refractivity contribution is 0.0954. The van der Waals surface area contributed by atoms with Gasteiger partial charge in [-0.25, -0.2) is 0 Å². The topological polar surface area (TPSA) is 83.8 Å². The van der Waals surface area contributed by atoms with Crippen LogP contribution in [0.2, 0.25) is 0 Å². The van der Waals surface area contributed by atoms with Crippen molar-refractivity contribution in [3.8, 4) is 50.2 Å². The molecule has 2 aliphatic carbocycles. The van der Waals surface area contributed by atoms with Crippen molar-refractivity contribution in [3.63, 3.8) is 0 Å². The molecule has 0 fully saturated rings. The van der Waals surface area contributed by atoms with Gasteiger partial charge in [0.05, 0.1) is 0 Å². The second kappa shape index (κ2) is 13.8. The summed E-state index contributed by atoms with van der Waals surface area (Å²) in [5, 5.41) is 30.1. The Morgan fingerprint density at radius 2 is 1.13 bits per heavy atom. The summed E-state index contributed by atoms with van der Waals surface area (Å²) in [5.74, 6) is 0.0448. The maximum Gasteiger partial charge on any atom is 0.172 e.